The van der Waals surface area contributed by atoms with Gasteiger partial charge in [-0.05, 0) is 37.0 Å². The van der Waals surface area contributed by atoms with Gasteiger partial charge in [0.25, 0.3) is 0 Å². The Hall–Kier alpha value is -1.60. The number of hydrogen-bond acceptors (Lipinski definition) is 2. The summed E-state index contributed by atoms with van der Waals surface area (Å²) in [6, 6.07) is 2.45. The van der Waals surface area contributed by atoms with Crippen molar-refractivity contribution in [3.63, 3.8) is 0 Å². The van der Waals surface area contributed by atoms with E-state index >= 15 is 0 Å². The number of ether oxygens (including phenoxy) is 1. The summed E-state index contributed by atoms with van der Waals surface area (Å²) in [6.45, 7) is 2.13. The Morgan fingerprint density at radius 1 is 1.37 bits per heavy atom. The van der Waals surface area contributed by atoms with Gasteiger partial charge in [0, 0.05) is 12.5 Å². The van der Waals surface area contributed by atoms with E-state index in [0.29, 0.717) is 24.8 Å². The molecule has 0 aromatic heterocycles. The molecule has 0 amide bonds. The first-order chi connectivity index (χ1) is 9.08. The van der Waals surface area contributed by atoms with E-state index in [1.807, 2.05) is 6.92 Å². The van der Waals surface area contributed by atoms with Gasteiger partial charge in [0.15, 0.2) is 17.4 Å². The molecule has 0 aliphatic carbocycles. The van der Waals surface area contributed by atoms with Crippen molar-refractivity contribution in [3.8, 4) is 18.1 Å². The van der Waals surface area contributed by atoms with Gasteiger partial charge in [-0.1, -0.05) is 6.92 Å². The van der Waals surface area contributed by atoms with Gasteiger partial charge in [0.2, 0.25) is 0 Å². The van der Waals surface area contributed by atoms with Gasteiger partial charge in [-0.3, -0.25) is 0 Å². The molecule has 1 aromatic rings. The number of benzene rings is 1. The molecule has 0 fully saturated rings. The number of terminal acetylenes is 1. The van der Waals surface area contributed by atoms with E-state index in [1.54, 1.807) is 0 Å². The fourth-order valence-corrected chi connectivity index (χ4v) is 1.66. The highest BCUT2D eigenvalue weighted by atomic mass is 19.1. The molecule has 0 aliphatic heterocycles. The number of hydrogen-bond donors (Lipinski definition) is 1. The topological polar surface area (TPSA) is 35.2 Å². The van der Waals surface area contributed by atoms with Crippen LogP contribution >= 0.6 is 0 Å². The van der Waals surface area contributed by atoms with E-state index in [-0.39, 0.29) is 18.4 Å². The molecule has 19 heavy (non-hydrogen) atoms. The summed E-state index contributed by atoms with van der Waals surface area (Å²) in [6.07, 6.45) is 7.37. The molecule has 2 nitrogen and oxygen atoms in total. The van der Waals surface area contributed by atoms with Crippen LogP contribution in [0.15, 0.2) is 12.1 Å². The molecule has 4 heteroatoms. The van der Waals surface area contributed by atoms with Crippen molar-refractivity contribution in [2.24, 2.45) is 5.73 Å². The Morgan fingerprint density at radius 3 is 2.53 bits per heavy atom. The van der Waals surface area contributed by atoms with E-state index < -0.39 is 11.6 Å². The molecule has 104 valence electrons. The zero-order valence-electron chi connectivity index (χ0n) is 11.1. The molecule has 0 aliphatic rings. The third-order valence-corrected chi connectivity index (χ3v) is 2.79. The van der Waals surface area contributed by atoms with Gasteiger partial charge in [-0.15, -0.1) is 12.3 Å². The van der Waals surface area contributed by atoms with Crippen molar-refractivity contribution in [2.45, 2.75) is 38.6 Å². The zero-order chi connectivity index (χ0) is 14.3. The van der Waals surface area contributed by atoms with Gasteiger partial charge in [-0.2, -0.15) is 0 Å². The van der Waals surface area contributed by atoms with Crippen LogP contribution in [0, 0.1) is 24.0 Å². The second-order valence-corrected chi connectivity index (χ2v) is 4.42. The molecular weight excluding hydrogens is 248 g/mol. The maximum absolute atomic E-state index is 13.7. The van der Waals surface area contributed by atoms with Crippen molar-refractivity contribution in [1.82, 2.24) is 0 Å². The number of unbranched alkanes of at least 4 members (excludes halogenated alkanes) is 1. The van der Waals surface area contributed by atoms with E-state index in [0.717, 1.165) is 6.42 Å². The Bertz CT molecular complexity index is 431. The third-order valence-electron chi connectivity index (χ3n) is 2.79. The first kappa shape index (κ1) is 15.5. The molecule has 1 rings (SSSR count). The molecule has 1 aromatic carbocycles. The molecule has 0 saturated carbocycles. The quantitative estimate of drug-likeness (QED) is 0.609. The van der Waals surface area contributed by atoms with Crippen LogP contribution in [0.1, 0.15) is 31.7 Å². The van der Waals surface area contributed by atoms with Crippen LogP contribution in [0.5, 0.6) is 5.75 Å². The van der Waals surface area contributed by atoms with Crippen molar-refractivity contribution in [1.29, 1.82) is 0 Å². The fourth-order valence-electron chi connectivity index (χ4n) is 1.66. The smallest absolute Gasteiger partial charge is 0.190 e. The molecule has 1 atom stereocenters. The highest BCUT2D eigenvalue weighted by Crippen LogP contribution is 2.24. The second kappa shape index (κ2) is 7.75. The molecule has 0 bridgehead atoms. The summed E-state index contributed by atoms with van der Waals surface area (Å²) in [5.41, 5.74) is 6.30. The van der Waals surface area contributed by atoms with Crippen LogP contribution in [-0.4, -0.2) is 12.6 Å². The summed E-state index contributed by atoms with van der Waals surface area (Å²) in [7, 11) is 0. The zero-order valence-corrected chi connectivity index (χ0v) is 11.1. The number of rotatable bonds is 7. The van der Waals surface area contributed by atoms with Crippen LogP contribution in [0.2, 0.25) is 0 Å². The van der Waals surface area contributed by atoms with Crippen LogP contribution in [0.4, 0.5) is 8.78 Å². The molecule has 1 unspecified atom stereocenters. The minimum atomic E-state index is -0.695. The lowest BCUT2D eigenvalue weighted by molar-refractivity contribution is 0.281. The van der Waals surface area contributed by atoms with Crippen LogP contribution in [0.25, 0.3) is 0 Å². The van der Waals surface area contributed by atoms with Crippen molar-refractivity contribution < 1.29 is 13.5 Å². The van der Waals surface area contributed by atoms with Crippen molar-refractivity contribution >= 4 is 0 Å². The Balaban J connectivity index is 2.71. The number of nitrogens with two attached hydrogens (primary N) is 1. The van der Waals surface area contributed by atoms with Crippen molar-refractivity contribution in [2.75, 3.05) is 6.61 Å². The van der Waals surface area contributed by atoms with Gasteiger partial charge < -0.3 is 10.5 Å². The van der Waals surface area contributed by atoms with Gasteiger partial charge in [-0.25, -0.2) is 8.78 Å². The lowest BCUT2D eigenvalue weighted by Crippen LogP contribution is -2.21. The first-order valence-electron chi connectivity index (χ1n) is 6.38. The molecule has 0 radical (unpaired) electrons. The highest BCUT2D eigenvalue weighted by molar-refractivity contribution is 5.31. The van der Waals surface area contributed by atoms with Gasteiger partial charge in [0.1, 0.15) is 0 Å². The summed E-state index contributed by atoms with van der Waals surface area (Å²) in [5, 5.41) is 0. The lowest BCUT2D eigenvalue weighted by atomic mass is 10.0. The van der Waals surface area contributed by atoms with Crippen LogP contribution < -0.4 is 10.5 Å². The Kier molecular flexibility index (Phi) is 6.31. The maximum Gasteiger partial charge on any atom is 0.190 e. The molecule has 0 heterocycles. The Morgan fingerprint density at radius 2 is 2.00 bits per heavy atom. The molecule has 0 spiro atoms. The standard InChI is InChI=1S/C15H19F2NO/c1-3-5-6-7-19-15-13(16)9-11(10-14(15)17)8-12(18)4-2/h1,9-10,12H,4-8,18H2,2H3. The fraction of sp³-hybridized carbons (Fsp3) is 0.467. The minimum absolute atomic E-state index is 0.0961. The van der Waals surface area contributed by atoms with E-state index in [9.17, 15) is 8.78 Å². The summed E-state index contributed by atoms with van der Waals surface area (Å²) < 4.78 is 32.5. The molecule has 0 saturated heterocycles. The highest BCUT2D eigenvalue weighted by Gasteiger charge is 2.13. The minimum Gasteiger partial charge on any atom is -0.488 e. The number of halogens is 2. The maximum atomic E-state index is 13.7. The van der Waals surface area contributed by atoms with Gasteiger partial charge >= 0.3 is 0 Å². The van der Waals surface area contributed by atoms with E-state index in [1.165, 1.54) is 12.1 Å². The largest absolute Gasteiger partial charge is 0.488 e. The summed E-state index contributed by atoms with van der Waals surface area (Å²) >= 11 is 0. The van der Waals surface area contributed by atoms with Gasteiger partial charge in [0.05, 0.1) is 6.61 Å². The van der Waals surface area contributed by atoms with E-state index in [2.05, 4.69) is 5.92 Å². The van der Waals surface area contributed by atoms with Crippen molar-refractivity contribution in [3.05, 3.63) is 29.3 Å². The normalized spacial score (nSPS) is 11.9. The van der Waals surface area contributed by atoms with Crippen LogP contribution in [0.3, 0.4) is 0 Å². The van der Waals surface area contributed by atoms with Crippen LogP contribution in [-0.2, 0) is 6.42 Å². The SMILES string of the molecule is C#CCCCOc1c(F)cc(CC(N)CC)cc1F. The lowest BCUT2D eigenvalue weighted by Gasteiger charge is -2.12. The molecule has 2 N–H and O–H groups in total. The average Bonchev–Trinajstić information content (AvgIpc) is 2.37. The summed E-state index contributed by atoms with van der Waals surface area (Å²) in [4.78, 5) is 0. The Labute approximate surface area is 112 Å². The second-order valence-electron chi connectivity index (χ2n) is 4.42. The summed E-state index contributed by atoms with van der Waals surface area (Å²) in [5.74, 6) is 0.706. The third kappa shape index (κ3) is 4.88. The average molecular weight is 267 g/mol. The molecular formula is C15H19F2NO. The monoisotopic (exact) mass is 267 g/mol. The predicted molar refractivity (Wildman–Crippen MR) is 71.9 cm³/mol. The first-order valence-corrected chi connectivity index (χ1v) is 6.38. The van der Waals surface area contributed by atoms with E-state index in [4.69, 9.17) is 16.9 Å². The predicted octanol–water partition coefficient (Wildman–Crippen LogP) is 3.04.